The van der Waals surface area contributed by atoms with E-state index in [1.54, 1.807) is 30.9 Å². The monoisotopic (exact) mass is 417 g/mol. The zero-order valence-electron chi connectivity index (χ0n) is 15.8. The molecule has 1 heterocycles. The number of hydrogen-bond donors (Lipinski definition) is 0. The molecule has 2 rings (SSSR count). The minimum atomic E-state index is -1.24. The Morgan fingerprint density at radius 2 is 2.04 bits per heavy atom. The summed E-state index contributed by atoms with van der Waals surface area (Å²) in [7, 11) is 3.19. The fourth-order valence-electron chi connectivity index (χ4n) is 2.53. The van der Waals surface area contributed by atoms with Crippen LogP contribution in [-0.4, -0.2) is 85.2 Å². The van der Waals surface area contributed by atoms with Crippen LogP contribution in [0.4, 0.5) is 0 Å². The molecule has 152 valence electrons. The highest BCUT2D eigenvalue weighted by Gasteiger charge is 2.32. The van der Waals surface area contributed by atoms with Gasteiger partial charge in [0.1, 0.15) is 17.7 Å². The highest BCUT2D eigenvalue weighted by atomic mass is 32.2. The standard InChI is InChI=1S/C18H27NO6S2/c1-22-8-9-24-10-12-27(21)14-17(20)19-7-11-26-18(19)13-25-16-6-4-3-5-15(16)23-2/h3-6,18H,7-14H2,1-2H3/t18-,27+/m1/s1. The molecule has 7 nitrogen and oxygen atoms in total. The largest absolute Gasteiger partial charge is 0.616 e. The summed E-state index contributed by atoms with van der Waals surface area (Å²) in [6, 6.07) is 7.42. The molecule has 1 aromatic carbocycles. The van der Waals surface area contributed by atoms with Gasteiger partial charge in [-0.25, -0.2) is 0 Å². The summed E-state index contributed by atoms with van der Waals surface area (Å²) < 4.78 is 33.4. The molecule has 0 unspecified atom stereocenters. The van der Waals surface area contributed by atoms with E-state index in [-0.39, 0.29) is 17.0 Å². The van der Waals surface area contributed by atoms with E-state index in [0.29, 0.717) is 50.2 Å². The van der Waals surface area contributed by atoms with E-state index < -0.39 is 11.2 Å². The molecule has 9 heteroatoms. The molecule has 0 radical (unpaired) electrons. The van der Waals surface area contributed by atoms with Gasteiger partial charge in [-0.1, -0.05) is 12.1 Å². The molecule has 27 heavy (non-hydrogen) atoms. The fraction of sp³-hybridized carbons (Fsp3) is 0.611. The van der Waals surface area contributed by atoms with Gasteiger partial charge in [-0.3, -0.25) is 4.79 Å². The second-order valence-electron chi connectivity index (χ2n) is 5.77. The molecule has 2 atom stereocenters. The Morgan fingerprint density at radius 3 is 2.78 bits per heavy atom. The van der Waals surface area contributed by atoms with Crippen molar-refractivity contribution in [2.75, 3.05) is 64.5 Å². The zero-order chi connectivity index (χ0) is 19.5. The predicted octanol–water partition coefficient (Wildman–Crippen LogP) is 1.39. The Morgan fingerprint density at radius 1 is 1.26 bits per heavy atom. The number of thioether (sulfide) groups is 1. The van der Waals surface area contributed by atoms with E-state index in [1.165, 1.54) is 0 Å². The van der Waals surface area contributed by atoms with Crippen LogP contribution in [0.2, 0.25) is 0 Å². The Bertz CT molecular complexity index is 577. The summed E-state index contributed by atoms with van der Waals surface area (Å²) >= 11 is 0.429. The minimum Gasteiger partial charge on any atom is -0.616 e. The maximum atomic E-state index is 12.5. The molecular weight excluding hydrogens is 390 g/mol. The first kappa shape index (κ1) is 22.2. The lowest BCUT2D eigenvalue weighted by Crippen LogP contribution is -2.41. The number of hydrogen-bond acceptors (Lipinski definition) is 7. The smallest absolute Gasteiger partial charge is 0.273 e. The third-order valence-electron chi connectivity index (χ3n) is 3.93. The molecule has 0 spiro atoms. The summed E-state index contributed by atoms with van der Waals surface area (Å²) in [5.74, 6) is 2.41. The molecule has 1 aliphatic rings. The highest BCUT2D eigenvalue weighted by Crippen LogP contribution is 2.29. The molecule has 0 N–H and O–H groups in total. The second kappa shape index (κ2) is 12.4. The highest BCUT2D eigenvalue weighted by molar-refractivity contribution is 8.00. The van der Waals surface area contributed by atoms with Gasteiger partial charge in [-0.15, -0.1) is 11.8 Å². The summed E-state index contributed by atoms with van der Waals surface area (Å²) in [5, 5.41) is -0.0858. The first-order valence-electron chi connectivity index (χ1n) is 8.74. The van der Waals surface area contributed by atoms with E-state index in [0.717, 1.165) is 5.75 Å². The van der Waals surface area contributed by atoms with Crippen molar-refractivity contribution in [3.63, 3.8) is 0 Å². The van der Waals surface area contributed by atoms with Gasteiger partial charge in [0, 0.05) is 19.4 Å². The maximum Gasteiger partial charge on any atom is 0.273 e. The van der Waals surface area contributed by atoms with Crippen LogP contribution in [0.15, 0.2) is 24.3 Å². The lowest BCUT2D eigenvalue weighted by molar-refractivity contribution is -0.128. The molecule has 0 bridgehead atoms. The number of ether oxygens (including phenoxy) is 4. The van der Waals surface area contributed by atoms with E-state index in [1.807, 2.05) is 24.3 Å². The number of rotatable bonds is 12. The molecule has 1 saturated heterocycles. The van der Waals surface area contributed by atoms with E-state index in [9.17, 15) is 9.35 Å². The Hall–Kier alpha value is -1.13. The Balaban J connectivity index is 1.76. The Labute approximate surface area is 167 Å². The molecule has 0 aliphatic carbocycles. The number of amides is 1. The van der Waals surface area contributed by atoms with Crippen molar-refractivity contribution in [3.05, 3.63) is 24.3 Å². The quantitative estimate of drug-likeness (QED) is 0.375. The third kappa shape index (κ3) is 7.42. The van der Waals surface area contributed by atoms with E-state index in [2.05, 4.69) is 0 Å². The maximum absolute atomic E-state index is 12.5. The molecular formula is C18H27NO6S2. The van der Waals surface area contributed by atoms with Crippen LogP contribution in [0.25, 0.3) is 0 Å². The van der Waals surface area contributed by atoms with Gasteiger partial charge in [0.15, 0.2) is 17.3 Å². The van der Waals surface area contributed by atoms with Crippen molar-refractivity contribution in [1.29, 1.82) is 0 Å². The van der Waals surface area contributed by atoms with Crippen molar-refractivity contribution in [3.8, 4) is 11.5 Å². The van der Waals surface area contributed by atoms with Crippen LogP contribution >= 0.6 is 11.8 Å². The normalized spacial score (nSPS) is 17.7. The minimum absolute atomic E-state index is 0.0132. The molecule has 1 aliphatic heterocycles. The van der Waals surface area contributed by atoms with Gasteiger partial charge in [-0.2, -0.15) is 0 Å². The van der Waals surface area contributed by atoms with Crippen LogP contribution in [0.5, 0.6) is 11.5 Å². The lowest BCUT2D eigenvalue weighted by atomic mass is 10.3. The van der Waals surface area contributed by atoms with E-state index in [4.69, 9.17) is 18.9 Å². The summed E-state index contributed by atoms with van der Waals surface area (Å²) in [5.41, 5.74) is 0. The topological polar surface area (TPSA) is 80.3 Å². The predicted molar refractivity (Wildman–Crippen MR) is 107 cm³/mol. The SMILES string of the molecule is COCCOCC[S@+]([O-])CC(=O)N1CCS[C@@H]1COc1ccccc1OC. The van der Waals surface area contributed by atoms with Crippen molar-refractivity contribution < 1.29 is 28.3 Å². The van der Waals surface area contributed by atoms with Crippen molar-refractivity contribution in [2.45, 2.75) is 5.37 Å². The van der Waals surface area contributed by atoms with Gasteiger partial charge >= 0.3 is 0 Å². The molecule has 0 aromatic heterocycles. The van der Waals surface area contributed by atoms with Crippen molar-refractivity contribution >= 4 is 28.8 Å². The number of benzene rings is 1. The van der Waals surface area contributed by atoms with Gasteiger partial charge in [0.25, 0.3) is 5.91 Å². The third-order valence-corrected chi connectivity index (χ3v) is 6.32. The van der Waals surface area contributed by atoms with Gasteiger partial charge in [0.2, 0.25) is 0 Å². The van der Waals surface area contributed by atoms with Crippen LogP contribution in [0.3, 0.4) is 0 Å². The molecule has 1 fully saturated rings. The first-order chi connectivity index (χ1) is 13.2. The average molecular weight is 418 g/mol. The lowest BCUT2D eigenvalue weighted by Gasteiger charge is -2.24. The van der Waals surface area contributed by atoms with Crippen molar-refractivity contribution in [1.82, 2.24) is 4.90 Å². The van der Waals surface area contributed by atoms with Gasteiger partial charge in [-0.05, 0) is 23.3 Å². The summed E-state index contributed by atoms with van der Waals surface area (Å²) in [6.07, 6.45) is 0. The average Bonchev–Trinajstić information content (AvgIpc) is 3.15. The van der Waals surface area contributed by atoms with Crippen LogP contribution in [0.1, 0.15) is 0 Å². The second-order valence-corrected chi connectivity index (χ2v) is 8.63. The summed E-state index contributed by atoms with van der Waals surface area (Å²) in [6.45, 7) is 2.34. The first-order valence-corrected chi connectivity index (χ1v) is 11.3. The van der Waals surface area contributed by atoms with Crippen LogP contribution in [0, 0.1) is 0 Å². The fourth-order valence-corrected chi connectivity index (χ4v) is 4.56. The zero-order valence-corrected chi connectivity index (χ0v) is 17.4. The Kier molecular flexibility index (Phi) is 10.1. The number of nitrogens with zero attached hydrogens (tertiary/aromatic N) is 1. The van der Waals surface area contributed by atoms with Gasteiger partial charge in [0.05, 0.1) is 26.9 Å². The van der Waals surface area contributed by atoms with Gasteiger partial charge < -0.3 is 28.4 Å². The number of carbonyl (C=O) groups excluding carboxylic acids is 1. The van der Waals surface area contributed by atoms with E-state index >= 15 is 0 Å². The number of carbonyl (C=O) groups is 1. The molecule has 1 amide bonds. The van der Waals surface area contributed by atoms with Crippen LogP contribution in [-0.2, 0) is 25.4 Å². The molecule has 1 aromatic rings. The number of methoxy groups -OCH3 is 2. The number of para-hydroxylation sites is 2. The van der Waals surface area contributed by atoms with Crippen molar-refractivity contribution in [2.24, 2.45) is 0 Å². The molecule has 0 saturated carbocycles. The van der Waals surface area contributed by atoms with Crippen LogP contribution < -0.4 is 9.47 Å². The summed E-state index contributed by atoms with van der Waals surface area (Å²) in [4.78, 5) is 14.3.